The second kappa shape index (κ2) is 4.73. The van der Waals surface area contributed by atoms with Crippen LogP contribution in [0.15, 0.2) is 48.8 Å². The Labute approximate surface area is 117 Å². The fraction of sp³-hybridized carbons (Fsp3) is 0.0667. The van der Waals surface area contributed by atoms with Gasteiger partial charge in [-0.25, -0.2) is 4.98 Å². The van der Waals surface area contributed by atoms with E-state index in [2.05, 4.69) is 4.98 Å². The number of fused-ring (bicyclic) bond motifs is 1. The number of aldehydes is 1. The summed E-state index contributed by atoms with van der Waals surface area (Å²) in [6.45, 7) is 0. The van der Waals surface area contributed by atoms with Crippen molar-refractivity contribution in [2.45, 2.75) is 6.18 Å². The molecule has 0 amide bonds. The van der Waals surface area contributed by atoms with E-state index < -0.39 is 11.7 Å². The molecule has 0 unspecified atom stereocenters. The number of nitrogens with zero attached hydrogens (tertiary/aromatic N) is 2. The van der Waals surface area contributed by atoms with E-state index in [0.717, 1.165) is 6.07 Å². The summed E-state index contributed by atoms with van der Waals surface area (Å²) in [6, 6.07) is 8.37. The number of alkyl halides is 3. The number of aromatic nitrogens is 2. The molecule has 0 atom stereocenters. The minimum Gasteiger partial charge on any atom is -0.306 e. The van der Waals surface area contributed by atoms with Crippen LogP contribution in [0.3, 0.4) is 0 Å². The summed E-state index contributed by atoms with van der Waals surface area (Å²) in [5.41, 5.74) is 0.340. The summed E-state index contributed by atoms with van der Waals surface area (Å²) < 4.78 is 40.7. The monoisotopic (exact) mass is 290 g/mol. The number of hydrogen-bond acceptors (Lipinski definition) is 2. The third-order valence-electron chi connectivity index (χ3n) is 3.13. The van der Waals surface area contributed by atoms with E-state index in [-0.39, 0.29) is 11.3 Å². The Morgan fingerprint density at radius 1 is 1.14 bits per heavy atom. The Morgan fingerprint density at radius 2 is 1.90 bits per heavy atom. The highest BCUT2D eigenvalue weighted by Gasteiger charge is 2.33. The number of benzene rings is 1. The van der Waals surface area contributed by atoms with E-state index in [4.69, 9.17) is 0 Å². The van der Waals surface area contributed by atoms with Crippen molar-refractivity contribution in [3.05, 3.63) is 59.9 Å². The van der Waals surface area contributed by atoms with Crippen LogP contribution in [0.25, 0.3) is 16.9 Å². The fourth-order valence-corrected chi connectivity index (χ4v) is 2.15. The predicted octanol–water partition coefficient (Wildman–Crippen LogP) is 3.83. The summed E-state index contributed by atoms with van der Waals surface area (Å²) in [5, 5.41) is 0. The summed E-state index contributed by atoms with van der Waals surface area (Å²) >= 11 is 0. The van der Waals surface area contributed by atoms with Crippen LogP contribution in [0.4, 0.5) is 13.2 Å². The van der Waals surface area contributed by atoms with E-state index in [1.807, 2.05) is 0 Å². The van der Waals surface area contributed by atoms with Crippen LogP contribution in [0, 0.1) is 0 Å². The van der Waals surface area contributed by atoms with Crippen molar-refractivity contribution in [3.63, 3.8) is 0 Å². The van der Waals surface area contributed by atoms with Gasteiger partial charge in [0.15, 0.2) is 0 Å². The van der Waals surface area contributed by atoms with E-state index >= 15 is 0 Å². The lowest BCUT2D eigenvalue weighted by Crippen LogP contribution is -2.06. The highest BCUT2D eigenvalue weighted by molar-refractivity contribution is 5.77. The van der Waals surface area contributed by atoms with Gasteiger partial charge in [0.1, 0.15) is 11.9 Å². The number of halogens is 3. The smallest absolute Gasteiger partial charge is 0.306 e. The van der Waals surface area contributed by atoms with Crippen LogP contribution in [0.2, 0.25) is 0 Å². The van der Waals surface area contributed by atoms with Gasteiger partial charge in [0, 0.05) is 23.5 Å². The molecule has 0 spiro atoms. The lowest BCUT2D eigenvalue weighted by molar-refractivity contribution is -0.137. The van der Waals surface area contributed by atoms with Crippen molar-refractivity contribution in [1.82, 2.24) is 9.38 Å². The maximum atomic E-state index is 13.0. The lowest BCUT2D eigenvalue weighted by Gasteiger charge is -2.10. The molecule has 2 heterocycles. The molecule has 0 aliphatic heterocycles. The van der Waals surface area contributed by atoms with Gasteiger partial charge in [-0.05, 0) is 18.2 Å². The first-order chi connectivity index (χ1) is 9.99. The van der Waals surface area contributed by atoms with Crippen molar-refractivity contribution >= 4 is 11.9 Å². The topological polar surface area (TPSA) is 34.4 Å². The quantitative estimate of drug-likeness (QED) is 0.672. The minimum absolute atomic E-state index is 0.0151. The van der Waals surface area contributed by atoms with Gasteiger partial charge in [0.2, 0.25) is 0 Å². The van der Waals surface area contributed by atoms with Crippen molar-refractivity contribution in [2.24, 2.45) is 0 Å². The number of rotatable bonds is 2. The Bertz CT molecular complexity index is 821. The Morgan fingerprint density at radius 3 is 2.62 bits per heavy atom. The molecule has 3 rings (SSSR count). The molecule has 0 aliphatic rings. The fourth-order valence-electron chi connectivity index (χ4n) is 2.15. The molecule has 0 saturated heterocycles. The predicted molar refractivity (Wildman–Crippen MR) is 71.0 cm³/mol. The molecule has 0 aliphatic carbocycles. The SMILES string of the molecule is O=Cc1ccn2cc(-c3ccccc3C(F)(F)F)nc2c1. The lowest BCUT2D eigenvalue weighted by atomic mass is 10.1. The molecule has 0 saturated carbocycles. The van der Waals surface area contributed by atoms with Gasteiger partial charge in [-0.2, -0.15) is 13.2 Å². The van der Waals surface area contributed by atoms with Crippen molar-refractivity contribution < 1.29 is 18.0 Å². The number of imidazole rings is 1. The number of hydrogen-bond donors (Lipinski definition) is 0. The minimum atomic E-state index is -4.44. The summed E-state index contributed by atoms with van der Waals surface area (Å²) in [4.78, 5) is 14.9. The zero-order chi connectivity index (χ0) is 15.0. The van der Waals surface area contributed by atoms with Gasteiger partial charge in [0.25, 0.3) is 0 Å². The van der Waals surface area contributed by atoms with Crippen LogP contribution >= 0.6 is 0 Å². The van der Waals surface area contributed by atoms with Crippen molar-refractivity contribution in [2.75, 3.05) is 0 Å². The molecular weight excluding hydrogens is 281 g/mol. The van der Waals surface area contributed by atoms with E-state index in [1.165, 1.54) is 30.5 Å². The standard InChI is InChI=1S/C15H9F3N2O/c16-15(17,18)12-4-2-1-3-11(12)13-8-20-6-5-10(9-21)7-14(20)19-13/h1-9H. The van der Waals surface area contributed by atoms with Crippen LogP contribution in [-0.4, -0.2) is 15.7 Å². The van der Waals surface area contributed by atoms with Crippen LogP contribution < -0.4 is 0 Å². The first-order valence-corrected chi connectivity index (χ1v) is 6.09. The van der Waals surface area contributed by atoms with E-state index in [1.54, 1.807) is 16.7 Å². The molecule has 21 heavy (non-hydrogen) atoms. The van der Waals surface area contributed by atoms with Crippen molar-refractivity contribution in [3.8, 4) is 11.3 Å². The molecule has 3 aromatic rings. The molecule has 6 heteroatoms. The third-order valence-corrected chi connectivity index (χ3v) is 3.13. The number of carbonyl (C=O) groups excluding carboxylic acids is 1. The van der Waals surface area contributed by atoms with Gasteiger partial charge in [-0.3, -0.25) is 4.79 Å². The van der Waals surface area contributed by atoms with Crippen molar-refractivity contribution in [1.29, 1.82) is 0 Å². The maximum absolute atomic E-state index is 13.0. The maximum Gasteiger partial charge on any atom is 0.417 e. The molecule has 2 aromatic heterocycles. The molecule has 106 valence electrons. The van der Waals surface area contributed by atoms with Gasteiger partial charge in [-0.15, -0.1) is 0 Å². The number of pyridine rings is 1. The average molecular weight is 290 g/mol. The van der Waals surface area contributed by atoms with E-state index in [9.17, 15) is 18.0 Å². The first-order valence-electron chi connectivity index (χ1n) is 6.09. The zero-order valence-corrected chi connectivity index (χ0v) is 10.6. The second-order valence-corrected chi connectivity index (χ2v) is 4.51. The Balaban J connectivity index is 2.19. The van der Waals surface area contributed by atoms with Crippen LogP contribution in [0.5, 0.6) is 0 Å². The molecule has 0 radical (unpaired) electrons. The summed E-state index contributed by atoms with van der Waals surface area (Å²) in [6.07, 6.45) is -0.682. The van der Waals surface area contributed by atoms with Crippen LogP contribution in [0.1, 0.15) is 15.9 Å². The molecule has 3 nitrogen and oxygen atoms in total. The summed E-state index contributed by atoms with van der Waals surface area (Å²) in [5.74, 6) is 0. The van der Waals surface area contributed by atoms with Gasteiger partial charge in [0.05, 0.1) is 11.3 Å². The zero-order valence-electron chi connectivity index (χ0n) is 10.6. The van der Waals surface area contributed by atoms with Gasteiger partial charge < -0.3 is 4.40 Å². The first kappa shape index (κ1) is 13.4. The summed E-state index contributed by atoms with van der Waals surface area (Å²) in [7, 11) is 0. The van der Waals surface area contributed by atoms with Crippen LogP contribution in [-0.2, 0) is 6.18 Å². The van der Waals surface area contributed by atoms with Gasteiger partial charge in [-0.1, -0.05) is 18.2 Å². The van der Waals surface area contributed by atoms with Gasteiger partial charge >= 0.3 is 6.18 Å². The average Bonchev–Trinajstić information content (AvgIpc) is 2.89. The molecular formula is C15H9F3N2O. The highest BCUT2D eigenvalue weighted by Crippen LogP contribution is 2.36. The normalized spacial score (nSPS) is 11.8. The third kappa shape index (κ3) is 2.40. The Kier molecular flexibility index (Phi) is 3.01. The molecule has 0 N–H and O–H groups in total. The molecule has 0 bridgehead atoms. The second-order valence-electron chi connectivity index (χ2n) is 4.51. The van der Waals surface area contributed by atoms with E-state index in [0.29, 0.717) is 17.5 Å². The Hall–Kier alpha value is -2.63. The number of carbonyl (C=O) groups is 1. The molecule has 1 aromatic carbocycles. The highest BCUT2D eigenvalue weighted by atomic mass is 19.4. The molecule has 0 fully saturated rings. The largest absolute Gasteiger partial charge is 0.417 e.